The minimum absolute atomic E-state index is 0.0466. The van der Waals surface area contributed by atoms with Crippen LogP contribution in [0.15, 0.2) is 48.5 Å². The average Bonchev–Trinajstić information content (AvgIpc) is 2.74. The molecular formula is C23H28N2O3. The highest BCUT2D eigenvalue weighted by Crippen LogP contribution is 2.28. The topological polar surface area (TPSA) is 42.0 Å². The lowest BCUT2D eigenvalue weighted by Gasteiger charge is -2.34. The van der Waals surface area contributed by atoms with Crippen molar-refractivity contribution in [2.45, 2.75) is 13.5 Å². The second kappa shape index (κ2) is 9.42. The second-order valence-electron chi connectivity index (χ2n) is 6.98. The zero-order valence-electron chi connectivity index (χ0n) is 16.9. The number of ether oxygens (including phenoxy) is 2. The molecule has 0 unspecified atom stereocenters. The molecule has 1 saturated heterocycles. The van der Waals surface area contributed by atoms with Gasteiger partial charge in [-0.1, -0.05) is 30.3 Å². The molecule has 2 aromatic rings. The largest absolute Gasteiger partial charge is 0.493 e. The average molecular weight is 380 g/mol. The van der Waals surface area contributed by atoms with Gasteiger partial charge in [0, 0.05) is 38.8 Å². The maximum Gasteiger partial charge on any atom is 0.246 e. The fraction of sp³-hybridized carbons (Fsp3) is 0.348. The van der Waals surface area contributed by atoms with E-state index in [9.17, 15) is 4.79 Å². The lowest BCUT2D eigenvalue weighted by Crippen LogP contribution is -2.47. The Morgan fingerprint density at radius 3 is 2.39 bits per heavy atom. The summed E-state index contributed by atoms with van der Waals surface area (Å²) in [6, 6.07) is 14.1. The van der Waals surface area contributed by atoms with Crippen LogP contribution >= 0.6 is 0 Å². The molecule has 5 nitrogen and oxygen atoms in total. The van der Waals surface area contributed by atoms with E-state index in [0.717, 1.165) is 38.3 Å². The van der Waals surface area contributed by atoms with Crippen molar-refractivity contribution < 1.29 is 14.3 Å². The number of nitrogens with zero attached hydrogens (tertiary/aromatic N) is 2. The molecule has 1 fully saturated rings. The molecule has 1 aliphatic heterocycles. The molecule has 0 radical (unpaired) electrons. The fourth-order valence-corrected chi connectivity index (χ4v) is 3.38. The van der Waals surface area contributed by atoms with Crippen molar-refractivity contribution in [2.24, 2.45) is 0 Å². The van der Waals surface area contributed by atoms with E-state index in [1.807, 2.05) is 29.2 Å². The Kier molecular flexibility index (Phi) is 6.71. The number of piperazine rings is 1. The Morgan fingerprint density at radius 2 is 1.71 bits per heavy atom. The van der Waals surface area contributed by atoms with Gasteiger partial charge in [0.15, 0.2) is 11.5 Å². The molecule has 28 heavy (non-hydrogen) atoms. The highest BCUT2D eigenvalue weighted by Gasteiger charge is 2.20. The normalized spacial score (nSPS) is 15.0. The van der Waals surface area contributed by atoms with Crippen LogP contribution in [-0.4, -0.2) is 56.1 Å². The summed E-state index contributed by atoms with van der Waals surface area (Å²) in [5.41, 5.74) is 3.58. The first-order chi connectivity index (χ1) is 13.6. The summed E-state index contributed by atoms with van der Waals surface area (Å²) in [6.45, 7) is 6.38. The zero-order valence-corrected chi connectivity index (χ0v) is 16.9. The zero-order chi connectivity index (χ0) is 19.9. The molecule has 148 valence electrons. The third-order valence-corrected chi connectivity index (χ3v) is 5.17. The number of rotatable bonds is 6. The molecule has 5 heteroatoms. The standard InChI is InChI=1S/C23H28N2O3/c1-18-6-4-5-7-20(18)17-24-12-14-25(15-13-24)23(26)11-9-19-8-10-21(27-2)22(16-19)28-3/h4-11,16H,12-15,17H2,1-3H3/b11-9+. The predicted molar refractivity (Wildman–Crippen MR) is 112 cm³/mol. The van der Waals surface area contributed by atoms with Gasteiger partial charge in [-0.15, -0.1) is 0 Å². The molecule has 0 atom stereocenters. The van der Waals surface area contributed by atoms with Crippen LogP contribution in [0.2, 0.25) is 0 Å². The minimum atomic E-state index is 0.0466. The van der Waals surface area contributed by atoms with Crippen molar-refractivity contribution in [2.75, 3.05) is 40.4 Å². The summed E-state index contributed by atoms with van der Waals surface area (Å²) in [4.78, 5) is 16.8. The SMILES string of the molecule is COc1ccc(/C=C/C(=O)N2CCN(Cc3ccccc3C)CC2)cc1OC. The number of methoxy groups -OCH3 is 2. The van der Waals surface area contributed by atoms with Crippen LogP contribution in [0, 0.1) is 6.92 Å². The minimum Gasteiger partial charge on any atom is -0.493 e. The quantitative estimate of drug-likeness (QED) is 0.721. The van der Waals surface area contributed by atoms with Crippen molar-refractivity contribution in [3.8, 4) is 11.5 Å². The van der Waals surface area contributed by atoms with Gasteiger partial charge in [-0.25, -0.2) is 0 Å². The van der Waals surface area contributed by atoms with Gasteiger partial charge in [0.2, 0.25) is 5.91 Å². The Morgan fingerprint density at radius 1 is 1.00 bits per heavy atom. The smallest absolute Gasteiger partial charge is 0.246 e. The highest BCUT2D eigenvalue weighted by atomic mass is 16.5. The third kappa shape index (κ3) is 4.93. The number of carbonyl (C=O) groups is 1. The summed E-state index contributed by atoms with van der Waals surface area (Å²) in [5, 5.41) is 0. The second-order valence-corrected chi connectivity index (χ2v) is 6.98. The van der Waals surface area contributed by atoms with E-state index < -0.39 is 0 Å². The van der Waals surface area contributed by atoms with Crippen molar-refractivity contribution >= 4 is 12.0 Å². The van der Waals surface area contributed by atoms with Crippen molar-refractivity contribution in [3.63, 3.8) is 0 Å². The van der Waals surface area contributed by atoms with Crippen LogP contribution in [0.3, 0.4) is 0 Å². The van der Waals surface area contributed by atoms with Crippen LogP contribution < -0.4 is 9.47 Å². The summed E-state index contributed by atoms with van der Waals surface area (Å²) >= 11 is 0. The van der Waals surface area contributed by atoms with Gasteiger partial charge in [0.1, 0.15) is 0 Å². The number of aryl methyl sites for hydroxylation is 1. The van der Waals surface area contributed by atoms with Gasteiger partial charge in [-0.05, 0) is 41.8 Å². The molecule has 3 rings (SSSR count). The maximum absolute atomic E-state index is 12.5. The maximum atomic E-state index is 12.5. The molecule has 0 aromatic heterocycles. The third-order valence-electron chi connectivity index (χ3n) is 5.17. The Labute approximate surface area is 167 Å². The van der Waals surface area contributed by atoms with E-state index in [1.165, 1.54) is 11.1 Å². The van der Waals surface area contributed by atoms with Crippen LogP contribution in [0.25, 0.3) is 6.08 Å². The van der Waals surface area contributed by atoms with Crippen LogP contribution in [0.5, 0.6) is 11.5 Å². The first kappa shape index (κ1) is 20.0. The predicted octanol–water partition coefficient (Wildman–Crippen LogP) is 3.37. The van der Waals surface area contributed by atoms with E-state index in [-0.39, 0.29) is 5.91 Å². The number of benzene rings is 2. The molecule has 2 aromatic carbocycles. The summed E-state index contributed by atoms with van der Waals surface area (Å²) < 4.78 is 10.6. The van der Waals surface area contributed by atoms with Gasteiger partial charge in [0.05, 0.1) is 14.2 Å². The molecule has 1 amide bonds. The van der Waals surface area contributed by atoms with Gasteiger partial charge in [-0.3, -0.25) is 9.69 Å². The van der Waals surface area contributed by atoms with E-state index >= 15 is 0 Å². The molecular weight excluding hydrogens is 352 g/mol. The highest BCUT2D eigenvalue weighted by molar-refractivity contribution is 5.92. The fourth-order valence-electron chi connectivity index (χ4n) is 3.38. The molecule has 0 spiro atoms. The molecule has 1 aliphatic rings. The summed E-state index contributed by atoms with van der Waals surface area (Å²) in [7, 11) is 3.21. The van der Waals surface area contributed by atoms with E-state index in [4.69, 9.17) is 9.47 Å². The molecule has 0 N–H and O–H groups in total. The van der Waals surface area contributed by atoms with Crippen LogP contribution in [-0.2, 0) is 11.3 Å². The summed E-state index contributed by atoms with van der Waals surface area (Å²) in [5.74, 6) is 1.38. The monoisotopic (exact) mass is 380 g/mol. The first-order valence-corrected chi connectivity index (χ1v) is 9.56. The lowest BCUT2D eigenvalue weighted by molar-refractivity contribution is -0.127. The van der Waals surface area contributed by atoms with E-state index in [2.05, 4.69) is 36.1 Å². The van der Waals surface area contributed by atoms with Gasteiger partial charge in [0.25, 0.3) is 0 Å². The van der Waals surface area contributed by atoms with Crippen molar-refractivity contribution in [1.29, 1.82) is 0 Å². The first-order valence-electron chi connectivity index (χ1n) is 9.56. The molecule has 0 saturated carbocycles. The van der Waals surface area contributed by atoms with E-state index in [1.54, 1.807) is 20.3 Å². The Hall–Kier alpha value is -2.79. The van der Waals surface area contributed by atoms with Crippen LogP contribution in [0.4, 0.5) is 0 Å². The van der Waals surface area contributed by atoms with Gasteiger partial charge >= 0.3 is 0 Å². The number of hydrogen-bond donors (Lipinski definition) is 0. The Bertz CT molecular complexity index is 839. The van der Waals surface area contributed by atoms with Gasteiger partial charge < -0.3 is 14.4 Å². The van der Waals surface area contributed by atoms with Crippen LogP contribution in [0.1, 0.15) is 16.7 Å². The molecule has 1 heterocycles. The van der Waals surface area contributed by atoms with Crippen molar-refractivity contribution in [1.82, 2.24) is 9.80 Å². The Balaban J connectivity index is 1.54. The van der Waals surface area contributed by atoms with Gasteiger partial charge in [-0.2, -0.15) is 0 Å². The van der Waals surface area contributed by atoms with Crippen molar-refractivity contribution in [3.05, 3.63) is 65.2 Å². The number of carbonyl (C=O) groups excluding carboxylic acids is 1. The lowest BCUT2D eigenvalue weighted by atomic mass is 10.1. The summed E-state index contributed by atoms with van der Waals surface area (Å²) in [6.07, 6.45) is 3.46. The number of amides is 1. The molecule has 0 aliphatic carbocycles. The van der Waals surface area contributed by atoms with E-state index in [0.29, 0.717) is 11.5 Å². The number of hydrogen-bond acceptors (Lipinski definition) is 4. The molecule has 0 bridgehead atoms.